The lowest BCUT2D eigenvalue weighted by Crippen LogP contribution is -2.13. The molecule has 27 heavy (non-hydrogen) atoms. The van der Waals surface area contributed by atoms with E-state index in [1.54, 1.807) is 7.11 Å². The van der Waals surface area contributed by atoms with Crippen molar-refractivity contribution in [2.45, 2.75) is 6.10 Å². The van der Waals surface area contributed by atoms with Crippen LogP contribution in [-0.4, -0.2) is 13.7 Å². The standard InChI is InChI=1S/C25H22O2/c1-26-18-25(20-12-6-3-7-13-20)27-24-17-9-15-22-21(14-8-16-23(22)24)19-10-4-2-5-11-19/h2-17,25H,18H2,1H3. The maximum absolute atomic E-state index is 6.42. The Kier molecular flexibility index (Phi) is 5.17. The van der Waals surface area contributed by atoms with Gasteiger partial charge in [-0.3, -0.25) is 0 Å². The van der Waals surface area contributed by atoms with E-state index in [1.165, 1.54) is 16.5 Å². The highest BCUT2D eigenvalue weighted by Crippen LogP contribution is 2.35. The predicted octanol–water partition coefficient (Wildman–Crippen LogP) is 6.27. The molecule has 0 heterocycles. The van der Waals surface area contributed by atoms with Crippen molar-refractivity contribution in [2.75, 3.05) is 13.7 Å². The van der Waals surface area contributed by atoms with Crippen LogP contribution in [0.2, 0.25) is 0 Å². The minimum Gasteiger partial charge on any atom is -0.483 e. The van der Waals surface area contributed by atoms with Crippen molar-refractivity contribution in [3.8, 4) is 16.9 Å². The molecule has 0 N–H and O–H groups in total. The maximum Gasteiger partial charge on any atom is 0.147 e. The first-order valence-electron chi connectivity index (χ1n) is 9.14. The van der Waals surface area contributed by atoms with Gasteiger partial charge < -0.3 is 9.47 Å². The summed E-state index contributed by atoms with van der Waals surface area (Å²) in [5.74, 6) is 0.871. The lowest BCUT2D eigenvalue weighted by atomic mass is 9.98. The van der Waals surface area contributed by atoms with E-state index in [4.69, 9.17) is 9.47 Å². The summed E-state index contributed by atoms with van der Waals surface area (Å²) in [5, 5.41) is 2.29. The molecule has 0 aliphatic carbocycles. The fourth-order valence-corrected chi connectivity index (χ4v) is 3.42. The van der Waals surface area contributed by atoms with Crippen LogP contribution in [-0.2, 0) is 4.74 Å². The minimum atomic E-state index is -0.151. The number of ether oxygens (including phenoxy) is 2. The zero-order valence-electron chi connectivity index (χ0n) is 15.3. The van der Waals surface area contributed by atoms with E-state index < -0.39 is 0 Å². The molecule has 4 aromatic rings. The topological polar surface area (TPSA) is 18.5 Å². The van der Waals surface area contributed by atoms with Crippen LogP contribution >= 0.6 is 0 Å². The summed E-state index contributed by atoms with van der Waals surface area (Å²) in [7, 11) is 1.70. The number of rotatable bonds is 6. The number of fused-ring (bicyclic) bond motifs is 1. The van der Waals surface area contributed by atoms with Gasteiger partial charge in [0.1, 0.15) is 11.9 Å². The summed E-state index contributed by atoms with van der Waals surface area (Å²) in [4.78, 5) is 0. The van der Waals surface area contributed by atoms with E-state index >= 15 is 0 Å². The van der Waals surface area contributed by atoms with Crippen LogP contribution in [0.15, 0.2) is 97.1 Å². The second-order valence-electron chi connectivity index (χ2n) is 6.50. The molecule has 0 amide bonds. The largest absolute Gasteiger partial charge is 0.483 e. The van der Waals surface area contributed by atoms with E-state index in [2.05, 4.69) is 66.7 Å². The van der Waals surface area contributed by atoms with Crippen molar-refractivity contribution < 1.29 is 9.47 Å². The van der Waals surface area contributed by atoms with E-state index in [1.807, 2.05) is 30.3 Å². The van der Waals surface area contributed by atoms with Gasteiger partial charge in [-0.15, -0.1) is 0 Å². The Balaban J connectivity index is 1.76. The molecule has 4 aromatic carbocycles. The van der Waals surface area contributed by atoms with E-state index in [0.717, 1.165) is 16.7 Å². The molecule has 1 atom stereocenters. The number of hydrogen-bond acceptors (Lipinski definition) is 2. The van der Waals surface area contributed by atoms with Crippen LogP contribution in [0.4, 0.5) is 0 Å². The lowest BCUT2D eigenvalue weighted by molar-refractivity contribution is 0.0820. The second-order valence-corrected chi connectivity index (χ2v) is 6.50. The van der Waals surface area contributed by atoms with E-state index in [-0.39, 0.29) is 6.10 Å². The van der Waals surface area contributed by atoms with Gasteiger partial charge >= 0.3 is 0 Å². The highest BCUT2D eigenvalue weighted by molar-refractivity contribution is 5.99. The Morgan fingerprint density at radius 1 is 0.667 bits per heavy atom. The molecule has 0 aliphatic heterocycles. The number of methoxy groups -OCH3 is 1. The molecular weight excluding hydrogens is 332 g/mol. The molecule has 134 valence electrons. The molecule has 0 bridgehead atoms. The zero-order chi connectivity index (χ0) is 18.5. The molecule has 2 heteroatoms. The van der Waals surface area contributed by atoms with Crippen molar-refractivity contribution in [2.24, 2.45) is 0 Å². The van der Waals surface area contributed by atoms with Crippen LogP contribution in [0, 0.1) is 0 Å². The van der Waals surface area contributed by atoms with Gasteiger partial charge in [-0.1, -0.05) is 91.0 Å². The van der Waals surface area contributed by atoms with Gasteiger partial charge in [-0.05, 0) is 28.1 Å². The first-order valence-corrected chi connectivity index (χ1v) is 9.14. The average Bonchev–Trinajstić information content (AvgIpc) is 2.74. The van der Waals surface area contributed by atoms with E-state index in [0.29, 0.717) is 6.61 Å². The summed E-state index contributed by atoms with van der Waals surface area (Å²) in [5.41, 5.74) is 3.52. The summed E-state index contributed by atoms with van der Waals surface area (Å²) in [6.45, 7) is 0.499. The molecule has 0 aromatic heterocycles. The smallest absolute Gasteiger partial charge is 0.147 e. The van der Waals surface area contributed by atoms with Gasteiger partial charge in [-0.2, -0.15) is 0 Å². The highest BCUT2D eigenvalue weighted by Gasteiger charge is 2.15. The van der Waals surface area contributed by atoms with Crippen LogP contribution < -0.4 is 4.74 Å². The van der Waals surface area contributed by atoms with E-state index in [9.17, 15) is 0 Å². The first-order chi connectivity index (χ1) is 13.4. The minimum absolute atomic E-state index is 0.151. The maximum atomic E-state index is 6.42. The normalized spacial score (nSPS) is 12.0. The van der Waals surface area contributed by atoms with Crippen molar-refractivity contribution >= 4 is 10.8 Å². The van der Waals surface area contributed by atoms with Gasteiger partial charge in [0.05, 0.1) is 6.61 Å². The third-order valence-corrected chi connectivity index (χ3v) is 4.73. The van der Waals surface area contributed by atoms with Gasteiger partial charge in [0, 0.05) is 12.5 Å². The monoisotopic (exact) mass is 354 g/mol. The van der Waals surface area contributed by atoms with Crippen LogP contribution in [0.1, 0.15) is 11.7 Å². The fourth-order valence-electron chi connectivity index (χ4n) is 3.42. The third-order valence-electron chi connectivity index (χ3n) is 4.73. The summed E-state index contributed by atoms with van der Waals surface area (Å²) in [6.07, 6.45) is -0.151. The quantitative estimate of drug-likeness (QED) is 0.406. The van der Waals surface area contributed by atoms with Crippen molar-refractivity contribution in [3.05, 3.63) is 103 Å². The Morgan fingerprint density at radius 3 is 2.07 bits per heavy atom. The Labute approximate surface area is 160 Å². The zero-order valence-corrected chi connectivity index (χ0v) is 15.3. The number of hydrogen-bond donors (Lipinski definition) is 0. The number of benzene rings is 4. The molecule has 2 nitrogen and oxygen atoms in total. The summed E-state index contributed by atoms with van der Waals surface area (Å²) in [6, 6.07) is 33.3. The van der Waals surface area contributed by atoms with Crippen LogP contribution in [0.25, 0.3) is 21.9 Å². The summed E-state index contributed by atoms with van der Waals surface area (Å²) < 4.78 is 11.8. The molecule has 1 unspecified atom stereocenters. The Bertz CT molecular complexity index is 1010. The SMILES string of the molecule is COCC(Oc1cccc2c(-c3ccccc3)cccc12)c1ccccc1. The predicted molar refractivity (Wildman–Crippen MR) is 111 cm³/mol. The molecule has 0 saturated carbocycles. The molecule has 0 saturated heterocycles. The average molecular weight is 354 g/mol. The molecule has 4 rings (SSSR count). The third kappa shape index (κ3) is 3.71. The molecule has 0 radical (unpaired) electrons. The molecular formula is C25H22O2. The van der Waals surface area contributed by atoms with Gasteiger partial charge in [0.25, 0.3) is 0 Å². The lowest BCUT2D eigenvalue weighted by Gasteiger charge is -2.20. The van der Waals surface area contributed by atoms with Crippen molar-refractivity contribution in [1.29, 1.82) is 0 Å². The highest BCUT2D eigenvalue weighted by atomic mass is 16.5. The van der Waals surface area contributed by atoms with Crippen molar-refractivity contribution in [3.63, 3.8) is 0 Å². The Hall–Kier alpha value is -3.10. The summed E-state index contributed by atoms with van der Waals surface area (Å²) >= 11 is 0. The van der Waals surface area contributed by atoms with Crippen molar-refractivity contribution in [1.82, 2.24) is 0 Å². The molecule has 0 fully saturated rings. The van der Waals surface area contributed by atoms with Gasteiger partial charge in [0.15, 0.2) is 0 Å². The molecule has 0 spiro atoms. The van der Waals surface area contributed by atoms with Crippen LogP contribution in [0.3, 0.4) is 0 Å². The van der Waals surface area contributed by atoms with Gasteiger partial charge in [-0.25, -0.2) is 0 Å². The van der Waals surface area contributed by atoms with Gasteiger partial charge in [0.2, 0.25) is 0 Å². The Morgan fingerprint density at radius 2 is 1.33 bits per heavy atom. The second kappa shape index (κ2) is 8.07. The first kappa shape index (κ1) is 17.3. The molecule has 0 aliphatic rings. The fraction of sp³-hybridized carbons (Fsp3) is 0.120. The van der Waals surface area contributed by atoms with Crippen LogP contribution in [0.5, 0.6) is 5.75 Å².